The van der Waals surface area contributed by atoms with E-state index in [1.807, 2.05) is 34.7 Å². The summed E-state index contributed by atoms with van der Waals surface area (Å²) in [5.74, 6) is 0.120. The maximum absolute atomic E-state index is 12.1. The Bertz CT molecular complexity index is 462. The van der Waals surface area contributed by atoms with E-state index >= 15 is 0 Å². The number of aromatic nitrogens is 1. The van der Waals surface area contributed by atoms with Gasteiger partial charge in [0.15, 0.2) is 0 Å². The molecule has 112 valence electrons. The third kappa shape index (κ3) is 3.79. The van der Waals surface area contributed by atoms with Crippen LogP contribution in [0, 0.1) is 20.8 Å². The Morgan fingerprint density at radius 3 is 2.45 bits per heavy atom. The van der Waals surface area contributed by atoms with Crippen molar-refractivity contribution >= 4 is 5.91 Å². The average Bonchev–Trinajstić information content (AvgIpc) is 2.35. The van der Waals surface area contributed by atoms with Crippen LogP contribution in [0.1, 0.15) is 49.3 Å². The summed E-state index contributed by atoms with van der Waals surface area (Å²) in [7, 11) is 1.83. The number of hydrogen-bond donors (Lipinski definition) is 1. The predicted molar refractivity (Wildman–Crippen MR) is 82.8 cm³/mol. The minimum atomic E-state index is -0.199. The zero-order valence-corrected chi connectivity index (χ0v) is 13.7. The van der Waals surface area contributed by atoms with E-state index < -0.39 is 0 Å². The summed E-state index contributed by atoms with van der Waals surface area (Å²) in [6.45, 7) is 12.8. The van der Waals surface area contributed by atoms with Crippen LogP contribution in [0.15, 0.2) is 6.07 Å². The first kappa shape index (κ1) is 16.6. The van der Waals surface area contributed by atoms with E-state index in [0.717, 1.165) is 17.9 Å². The van der Waals surface area contributed by atoms with Crippen molar-refractivity contribution < 1.29 is 4.79 Å². The number of rotatable bonds is 5. The molecule has 0 fully saturated rings. The maximum Gasteiger partial charge on any atom is 0.239 e. The number of aryl methyl sites for hydroxylation is 3. The molecule has 1 amide bonds. The van der Waals surface area contributed by atoms with Crippen LogP contribution in [0.5, 0.6) is 0 Å². The average molecular weight is 277 g/mol. The van der Waals surface area contributed by atoms with Crippen molar-refractivity contribution in [3.63, 3.8) is 0 Å². The van der Waals surface area contributed by atoms with E-state index in [0.29, 0.717) is 0 Å². The van der Waals surface area contributed by atoms with Gasteiger partial charge >= 0.3 is 0 Å². The zero-order chi connectivity index (χ0) is 15.4. The van der Waals surface area contributed by atoms with Crippen LogP contribution < -0.4 is 5.32 Å². The molecule has 0 aliphatic carbocycles. The summed E-state index contributed by atoms with van der Waals surface area (Å²) in [6, 6.07) is 1.99. The van der Waals surface area contributed by atoms with E-state index in [1.165, 1.54) is 11.1 Å². The van der Waals surface area contributed by atoms with Gasteiger partial charge in [-0.15, -0.1) is 0 Å². The first-order chi connectivity index (χ1) is 9.27. The zero-order valence-electron chi connectivity index (χ0n) is 13.7. The van der Waals surface area contributed by atoms with Gasteiger partial charge in [-0.1, -0.05) is 0 Å². The lowest BCUT2D eigenvalue weighted by atomic mass is 9.99. The van der Waals surface area contributed by atoms with Crippen molar-refractivity contribution in [1.82, 2.24) is 15.2 Å². The molecule has 0 saturated carbocycles. The first-order valence-corrected chi connectivity index (χ1v) is 7.23. The van der Waals surface area contributed by atoms with Crippen LogP contribution in [-0.4, -0.2) is 35.4 Å². The van der Waals surface area contributed by atoms with Gasteiger partial charge in [0, 0.05) is 31.0 Å². The number of likely N-dealkylation sites (N-methyl/N-ethyl adjacent to an activating group) is 1. The highest BCUT2D eigenvalue weighted by molar-refractivity contribution is 5.81. The van der Waals surface area contributed by atoms with E-state index in [4.69, 9.17) is 0 Å². The van der Waals surface area contributed by atoms with Crippen LogP contribution in [0.3, 0.4) is 0 Å². The van der Waals surface area contributed by atoms with E-state index in [2.05, 4.69) is 30.2 Å². The minimum Gasteiger partial charge on any atom is -0.345 e. The van der Waals surface area contributed by atoms with Crippen LogP contribution in [0.4, 0.5) is 0 Å². The Morgan fingerprint density at radius 1 is 1.35 bits per heavy atom. The number of carbonyl (C=O) groups is 1. The fraction of sp³-hybridized carbons (Fsp3) is 0.625. The quantitative estimate of drug-likeness (QED) is 0.899. The Morgan fingerprint density at radius 2 is 1.95 bits per heavy atom. The molecule has 1 rings (SSSR count). The number of carbonyl (C=O) groups excluding carboxylic acids is 1. The molecular formula is C16H27N3O. The fourth-order valence-electron chi connectivity index (χ4n) is 2.70. The molecule has 0 aromatic carbocycles. The lowest BCUT2D eigenvalue weighted by molar-refractivity contribution is -0.131. The Labute approximate surface area is 122 Å². The number of nitrogens with zero attached hydrogens (tertiary/aromatic N) is 2. The largest absolute Gasteiger partial charge is 0.345 e. The van der Waals surface area contributed by atoms with Gasteiger partial charge in [0.1, 0.15) is 0 Å². The van der Waals surface area contributed by atoms with Crippen LogP contribution >= 0.6 is 0 Å². The van der Waals surface area contributed by atoms with Crippen molar-refractivity contribution in [1.29, 1.82) is 0 Å². The fourth-order valence-corrected chi connectivity index (χ4v) is 2.70. The second kappa shape index (κ2) is 6.84. The van der Waals surface area contributed by atoms with Gasteiger partial charge in [0.05, 0.1) is 6.04 Å². The number of hydrogen-bond acceptors (Lipinski definition) is 3. The second-order valence-corrected chi connectivity index (χ2v) is 5.54. The highest BCUT2D eigenvalue weighted by atomic mass is 16.2. The molecule has 20 heavy (non-hydrogen) atoms. The van der Waals surface area contributed by atoms with E-state index in [9.17, 15) is 4.79 Å². The molecule has 1 heterocycles. The standard InChI is InChI=1S/C16H27N3O/c1-8-19(7)16(20)14(6)18-13(5)15-10(2)9-11(3)17-12(15)4/h9,13-14,18H,8H2,1-7H3. The molecule has 0 aliphatic heterocycles. The lowest BCUT2D eigenvalue weighted by Crippen LogP contribution is -2.44. The van der Waals surface area contributed by atoms with Crippen molar-refractivity contribution in [2.75, 3.05) is 13.6 Å². The lowest BCUT2D eigenvalue weighted by Gasteiger charge is -2.25. The topological polar surface area (TPSA) is 45.2 Å². The van der Waals surface area contributed by atoms with Gasteiger partial charge in [-0.2, -0.15) is 0 Å². The third-order valence-corrected chi connectivity index (χ3v) is 3.74. The maximum atomic E-state index is 12.1. The molecule has 0 spiro atoms. The molecule has 1 N–H and O–H groups in total. The summed E-state index contributed by atoms with van der Waals surface area (Å²) >= 11 is 0. The van der Waals surface area contributed by atoms with Crippen molar-refractivity contribution in [3.8, 4) is 0 Å². The molecule has 0 bridgehead atoms. The molecular weight excluding hydrogens is 250 g/mol. The Hall–Kier alpha value is -1.42. The molecule has 0 aliphatic rings. The number of amides is 1. The smallest absolute Gasteiger partial charge is 0.239 e. The van der Waals surface area contributed by atoms with Crippen molar-refractivity contribution in [3.05, 3.63) is 28.6 Å². The van der Waals surface area contributed by atoms with Gasteiger partial charge in [0.25, 0.3) is 0 Å². The highest BCUT2D eigenvalue weighted by Crippen LogP contribution is 2.21. The number of pyridine rings is 1. The summed E-state index contributed by atoms with van der Waals surface area (Å²) < 4.78 is 0. The van der Waals surface area contributed by atoms with Crippen LogP contribution in [0.25, 0.3) is 0 Å². The van der Waals surface area contributed by atoms with Gasteiger partial charge in [-0.05, 0) is 58.7 Å². The minimum absolute atomic E-state index is 0.104. The summed E-state index contributed by atoms with van der Waals surface area (Å²) in [6.07, 6.45) is 0. The molecule has 4 heteroatoms. The van der Waals surface area contributed by atoms with Crippen molar-refractivity contribution in [2.45, 2.75) is 53.6 Å². The summed E-state index contributed by atoms with van der Waals surface area (Å²) in [5.41, 5.74) is 4.48. The van der Waals surface area contributed by atoms with Gasteiger partial charge in [0.2, 0.25) is 5.91 Å². The molecule has 4 nitrogen and oxygen atoms in total. The van der Waals surface area contributed by atoms with Gasteiger partial charge < -0.3 is 4.90 Å². The van der Waals surface area contributed by atoms with E-state index in [1.54, 1.807) is 4.90 Å². The highest BCUT2D eigenvalue weighted by Gasteiger charge is 2.21. The Kier molecular flexibility index (Phi) is 5.69. The van der Waals surface area contributed by atoms with Crippen LogP contribution in [-0.2, 0) is 4.79 Å². The molecule has 1 aromatic rings. The molecule has 2 atom stereocenters. The molecule has 0 saturated heterocycles. The molecule has 1 aromatic heterocycles. The second-order valence-electron chi connectivity index (χ2n) is 5.54. The predicted octanol–water partition coefficient (Wildman–Crippen LogP) is 2.52. The molecule has 0 radical (unpaired) electrons. The summed E-state index contributed by atoms with van der Waals surface area (Å²) in [5, 5.41) is 3.38. The SMILES string of the molecule is CCN(C)C(=O)C(C)NC(C)c1c(C)cc(C)nc1C. The third-order valence-electron chi connectivity index (χ3n) is 3.74. The Balaban J connectivity index is 2.87. The van der Waals surface area contributed by atoms with Crippen molar-refractivity contribution in [2.24, 2.45) is 0 Å². The van der Waals surface area contributed by atoms with Crippen LogP contribution in [0.2, 0.25) is 0 Å². The molecule has 2 unspecified atom stereocenters. The first-order valence-electron chi connectivity index (χ1n) is 7.23. The monoisotopic (exact) mass is 277 g/mol. The number of nitrogens with one attached hydrogen (secondary N) is 1. The van der Waals surface area contributed by atoms with E-state index in [-0.39, 0.29) is 18.0 Å². The van der Waals surface area contributed by atoms with Gasteiger partial charge in [-0.3, -0.25) is 15.1 Å². The summed E-state index contributed by atoms with van der Waals surface area (Å²) in [4.78, 5) is 18.4. The normalized spacial score (nSPS) is 13.9. The van der Waals surface area contributed by atoms with Gasteiger partial charge in [-0.25, -0.2) is 0 Å².